The number of amides is 2. The van der Waals surface area contributed by atoms with Crippen LogP contribution in [0, 0.1) is 6.92 Å². The van der Waals surface area contributed by atoms with Gasteiger partial charge in [0.1, 0.15) is 11.8 Å². The Morgan fingerprint density at radius 2 is 1.62 bits per heavy atom. The van der Waals surface area contributed by atoms with Crippen molar-refractivity contribution in [3.8, 4) is 5.75 Å². The predicted molar refractivity (Wildman–Crippen MR) is 136 cm³/mol. The molecule has 0 fully saturated rings. The van der Waals surface area contributed by atoms with Gasteiger partial charge in [-0.15, -0.1) is 0 Å². The number of aryl methyl sites for hydroxylation is 1. The fourth-order valence-corrected chi connectivity index (χ4v) is 3.84. The van der Waals surface area contributed by atoms with E-state index in [1.54, 1.807) is 11.0 Å². The maximum atomic E-state index is 13.5. The zero-order chi connectivity index (χ0) is 24.5. The second-order valence-corrected chi connectivity index (χ2v) is 9.06. The highest BCUT2D eigenvalue weighted by atomic mass is 35.5. The number of hydrogen-bond acceptors (Lipinski definition) is 3. The molecule has 0 aromatic heterocycles. The first kappa shape index (κ1) is 25.3. The largest absolute Gasteiger partial charge is 0.484 e. The summed E-state index contributed by atoms with van der Waals surface area (Å²) >= 11 is 6.20. The Kier molecular flexibility index (Phi) is 9.11. The van der Waals surface area contributed by atoms with Crippen LogP contribution in [0.2, 0.25) is 5.02 Å². The molecule has 2 amide bonds. The van der Waals surface area contributed by atoms with Crippen molar-refractivity contribution < 1.29 is 14.3 Å². The number of rotatable bonds is 10. The molecule has 1 atom stereocenters. The molecule has 1 N–H and O–H groups in total. The van der Waals surface area contributed by atoms with Crippen LogP contribution >= 0.6 is 11.6 Å². The lowest BCUT2D eigenvalue weighted by molar-refractivity contribution is -0.143. The van der Waals surface area contributed by atoms with Crippen molar-refractivity contribution in [2.24, 2.45) is 0 Å². The van der Waals surface area contributed by atoms with Gasteiger partial charge >= 0.3 is 0 Å². The summed E-state index contributed by atoms with van der Waals surface area (Å²) in [6.07, 6.45) is 0.385. The number of benzene rings is 3. The first-order valence-electron chi connectivity index (χ1n) is 11.4. The Bertz CT molecular complexity index is 1080. The van der Waals surface area contributed by atoms with Crippen LogP contribution in [-0.2, 0) is 22.6 Å². The summed E-state index contributed by atoms with van der Waals surface area (Å²) in [7, 11) is 0. The van der Waals surface area contributed by atoms with E-state index in [1.165, 1.54) is 0 Å². The smallest absolute Gasteiger partial charge is 0.261 e. The van der Waals surface area contributed by atoms with Crippen molar-refractivity contribution in [2.75, 3.05) is 6.61 Å². The zero-order valence-corrected chi connectivity index (χ0v) is 20.6. The molecule has 0 aliphatic carbocycles. The molecule has 0 radical (unpaired) electrons. The van der Waals surface area contributed by atoms with Gasteiger partial charge in [-0.25, -0.2) is 0 Å². The minimum atomic E-state index is -0.710. The van der Waals surface area contributed by atoms with E-state index in [0.717, 1.165) is 16.7 Å². The van der Waals surface area contributed by atoms with E-state index in [0.29, 0.717) is 17.2 Å². The molecule has 5 nitrogen and oxygen atoms in total. The van der Waals surface area contributed by atoms with Crippen molar-refractivity contribution in [2.45, 2.75) is 45.8 Å². The number of ether oxygens (including phenoxy) is 1. The van der Waals surface area contributed by atoms with E-state index in [4.69, 9.17) is 16.3 Å². The predicted octanol–water partition coefficient (Wildman–Crippen LogP) is 5.19. The number of nitrogens with one attached hydrogen (secondary N) is 1. The Hall–Kier alpha value is -3.31. The number of carbonyl (C=O) groups is 2. The van der Waals surface area contributed by atoms with Crippen LogP contribution in [0.15, 0.2) is 78.9 Å². The standard InChI is InChI=1S/C28H31ClN2O3/c1-20(2)30-28(33)26(17-22-8-5-4-6-9-22)31(18-23-10-7-11-24(29)16-23)27(32)19-34-25-14-12-21(3)13-15-25/h4-16,20,26H,17-19H2,1-3H3,(H,30,33). The zero-order valence-electron chi connectivity index (χ0n) is 19.8. The highest BCUT2D eigenvalue weighted by Crippen LogP contribution is 2.18. The average Bonchev–Trinajstić information content (AvgIpc) is 2.81. The van der Waals surface area contributed by atoms with Gasteiger partial charge in [-0.1, -0.05) is 71.8 Å². The summed E-state index contributed by atoms with van der Waals surface area (Å²) in [5, 5.41) is 3.55. The molecule has 178 valence electrons. The lowest BCUT2D eigenvalue weighted by atomic mass is 10.0. The van der Waals surface area contributed by atoms with E-state index < -0.39 is 6.04 Å². The van der Waals surface area contributed by atoms with Gasteiger partial charge in [0.2, 0.25) is 5.91 Å². The number of nitrogens with zero attached hydrogens (tertiary/aromatic N) is 1. The summed E-state index contributed by atoms with van der Waals surface area (Å²) in [5.41, 5.74) is 2.91. The molecule has 3 rings (SSSR count). The fraction of sp³-hybridized carbons (Fsp3) is 0.286. The molecular weight excluding hydrogens is 448 g/mol. The van der Waals surface area contributed by atoms with E-state index in [2.05, 4.69) is 5.32 Å². The van der Waals surface area contributed by atoms with Gasteiger partial charge in [0, 0.05) is 24.0 Å². The van der Waals surface area contributed by atoms with Crippen LogP contribution < -0.4 is 10.1 Å². The summed E-state index contributed by atoms with van der Waals surface area (Å²) < 4.78 is 5.78. The summed E-state index contributed by atoms with van der Waals surface area (Å²) in [6, 6.07) is 23.8. The van der Waals surface area contributed by atoms with Crippen molar-refractivity contribution in [3.63, 3.8) is 0 Å². The van der Waals surface area contributed by atoms with Gasteiger partial charge < -0.3 is 15.0 Å². The number of hydrogen-bond donors (Lipinski definition) is 1. The van der Waals surface area contributed by atoms with E-state index >= 15 is 0 Å². The van der Waals surface area contributed by atoms with Gasteiger partial charge in [0.05, 0.1) is 0 Å². The lowest BCUT2D eigenvalue weighted by Gasteiger charge is -2.32. The molecule has 0 saturated heterocycles. The van der Waals surface area contributed by atoms with Gasteiger partial charge in [0.15, 0.2) is 6.61 Å². The topological polar surface area (TPSA) is 58.6 Å². The molecule has 0 heterocycles. The van der Waals surface area contributed by atoms with Crippen LogP contribution in [0.1, 0.15) is 30.5 Å². The Balaban J connectivity index is 1.90. The second-order valence-electron chi connectivity index (χ2n) is 8.62. The summed E-state index contributed by atoms with van der Waals surface area (Å²) in [4.78, 5) is 28.4. The molecule has 34 heavy (non-hydrogen) atoms. The highest BCUT2D eigenvalue weighted by molar-refractivity contribution is 6.30. The average molecular weight is 479 g/mol. The van der Waals surface area contributed by atoms with Crippen LogP contribution in [0.3, 0.4) is 0 Å². The third-order valence-electron chi connectivity index (χ3n) is 5.33. The van der Waals surface area contributed by atoms with E-state index in [-0.39, 0.29) is 31.0 Å². The lowest BCUT2D eigenvalue weighted by Crippen LogP contribution is -2.52. The molecule has 0 spiro atoms. The number of carbonyl (C=O) groups excluding carboxylic acids is 2. The monoisotopic (exact) mass is 478 g/mol. The van der Waals surface area contributed by atoms with Crippen molar-refractivity contribution in [1.29, 1.82) is 0 Å². The Morgan fingerprint density at radius 3 is 2.26 bits per heavy atom. The van der Waals surface area contributed by atoms with Crippen LogP contribution in [0.25, 0.3) is 0 Å². The molecule has 3 aromatic rings. The number of halogens is 1. The molecule has 0 aliphatic heterocycles. The maximum Gasteiger partial charge on any atom is 0.261 e. The van der Waals surface area contributed by atoms with Gasteiger partial charge in [-0.05, 0) is 56.2 Å². The summed E-state index contributed by atoms with van der Waals surface area (Å²) in [5.74, 6) is 0.123. The van der Waals surface area contributed by atoms with Crippen LogP contribution in [0.4, 0.5) is 0 Å². The molecule has 1 unspecified atom stereocenters. The van der Waals surface area contributed by atoms with Crippen molar-refractivity contribution >= 4 is 23.4 Å². The van der Waals surface area contributed by atoms with Gasteiger partial charge in [-0.2, -0.15) is 0 Å². The maximum absolute atomic E-state index is 13.5. The third kappa shape index (κ3) is 7.63. The minimum absolute atomic E-state index is 0.0577. The SMILES string of the molecule is Cc1ccc(OCC(=O)N(Cc2cccc(Cl)c2)C(Cc2ccccc2)C(=O)NC(C)C)cc1. The highest BCUT2D eigenvalue weighted by Gasteiger charge is 2.31. The molecule has 3 aromatic carbocycles. The van der Waals surface area contributed by atoms with Gasteiger partial charge in [0.25, 0.3) is 5.91 Å². The van der Waals surface area contributed by atoms with E-state index in [1.807, 2.05) is 93.6 Å². The Labute approximate surface area is 206 Å². The molecular formula is C28H31ClN2O3. The van der Waals surface area contributed by atoms with Crippen LogP contribution in [0.5, 0.6) is 5.75 Å². The quantitative estimate of drug-likeness (QED) is 0.436. The fourth-order valence-electron chi connectivity index (χ4n) is 3.63. The van der Waals surface area contributed by atoms with Crippen molar-refractivity contribution in [1.82, 2.24) is 10.2 Å². The first-order chi connectivity index (χ1) is 16.3. The van der Waals surface area contributed by atoms with Gasteiger partial charge in [-0.3, -0.25) is 9.59 Å². The molecule has 0 saturated carbocycles. The molecule has 6 heteroatoms. The first-order valence-corrected chi connectivity index (χ1v) is 11.8. The normalized spacial score (nSPS) is 11.7. The minimum Gasteiger partial charge on any atom is -0.484 e. The van der Waals surface area contributed by atoms with Crippen LogP contribution in [-0.4, -0.2) is 35.4 Å². The third-order valence-corrected chi connectivity index (χ3v) is 5.56. The Morgan fingerprint density at radius 1 is 0.941 bits per heavy atom. The molecule has 0 aliphatic rings. The second kappa shape index (κ2) is 12.2. The molecule has 0 bridgehead atoms. The van der Waals surface area contributed by atoms with E-state index in [9.17, 15) is 9.59 Å². The summed E-state index contributed by atoms with van der Waals surface area (Å²) in [6.45, 7) is 5.86. The van der Waals surface area contributed by atoms with Crippen molar-refractivity contribution in [3.05, 3.63) is 101 Å².